The molecule has 1 aromatic rings. The Morgan fingerprint density at radius 3 is 2.47 bits per heavy atom. The Hall–Kier alpha value is -2.52. The molecule has 0 aromatic heterocycles. The topological polar surface area (TPSA) is 108 Å². The zero-order valence-electron chi connectivity index (χ0n) is 21.7. The number of aliphatic carboxylic acids is 1. The largest absolute Gasteiger partial charge is 0.480 e. The number of likely N-dealkylation sites (N-methyl/N-ethyl adjacent to an activating group) is 1. The zero-order valence-corrected chi connectivity index (χ0v) is 22.5. The van der Waals surface area contributed by atoms with Crippen LogP contribution in [0.3, 0.4) is 0 Å². The van der Waals surface area contributed by atoms with Crippen LogP contribution in [0.1, 0.15) is 77.3 Å². The molecule has 0 saturated carbocycles. The third-order valence-electron chi connectivity index (χ3n) is 6.76. The van der Waals surface area contributed by atoms with Gasteiger partial charge in [-0.05, 0) is 57.5 Å². The molecule has 9 heteroatoms. The van der Waals surface area contributed by atoms with Crippen LogP contribution in [0.2, 0.25) is 0 Å². The molecule has 2 aliphatic heterocycles. The minimum absolute atomic E-state index is 0.333. The van der Waals surface area contributed by atoms with Gasteiger partial charge in [-0.25, -0.2) is 4.79 Å². The smallest absolute Gasteiger partial charge is 0.327 e. The first-order chi connectivity index (χ1) is 17.2. The number of amides is 2. The quantitative estimate of drug-likeness (QED) is 0.193. The predicted octanol–water partition coefficient (Wildman–Crippen LogP) is 4.22. The number of β-lactam (4-membered cyclic amide) rings is 1. The number of carboxylic acid groups (broad SMARTS) is 1. The number of carbonyl (C=O) groups excluding carboxylic acids is 2. The van der Waals surface area contributed by atoms with E-state index in [1.807, 2.05) is 44.2 Å². The van der Waals surface area contributed by atoms with E-state index in [2.05, 4.69) is 17.6 Å². The first-order valence-corrected chi connectivity index (χ1v) is 13.7. The van der Waals surface area contributed by atoms with Crippen molar-refractivity contribution in [3.63, 3.8) is 0 Å². The third-order valence-corrected chi connectivity index (χ3v) is 8.33. The van der Waals surface area contributed by atoms with Gasteiger partial charge in [0.1, 0.15) is 29.2 Å². The Bertz CT molecular complexity index is 949. The average molecular weight is 518 g/mol. The molecule has 36 heavy (non-hydrogen) atoms. The summed E-state index contributed by atoms with van der Waals surface area (Å²) in [4.78, 5) is 38.8. The highest BCUT2D eigenvalue weighted by molar-refractivity contribution is 8.01. The molecular formula is C27H39N3O5S. The predicted molar refractivity (Wildman–Crippen MR) is 142 cm³/mol. The fourth-order valence-electron chi connectivity index (χ4n) is 4.81. The van der Waals surface area contributed by atoms with Crippen LogP contribution >= 0.6 is 11.8 Å². The van der Waals surface area contributed by atoms with E-state index in [4.69, 9.17) is 4.74 Å². The lowest BCUT2D eigenvalue weighted by Crippen LogP contribution is -2.71. The molecule has 3 N–H and O–H groups in total. The van der Waals surface area contributed by atoms with Gasteiger partial charge in [0, 0.05) is 4.75 Å². The maximum Gasteiger partial charge on any atom is 0.327 e. The van der Waals surface area contributed by atoms with Crippen molar-refractivity contribution in [3.8, 4) is 5.75 Å². The zero-order chi connectivity index (χ0) is 26.3. The van der Waals surface area contributed by atoms with Crippen molar-refractivity contribution in [2.75, 3.05) is 7.05 Å². The number of fused-ring (bicyclic) bond motifs is 1. The van der Waals surface area contributed by atoms with Crippen LogP contribution < -0.4 is 15.4 Å². The molecule has 198 valence electrons. The molecule has 2 heterocycles. The summed E-state index contributed by atoms with van der Waals surface area (Å²) in [7, 11) is 1.68. The van der Waals surface area contributed by atoms with Crippen LogP contribution in [-0.4, -0.2) is 57.0 Å². The molecular weight excluding hydrogens is 478 g/mol. The van der Waals surface area contributed by atoms with Crippen molar-refractivity contribution in [2.45, 2.75) is 94.0 Å². The van der Waals surface area contributed by atoms with Crippen LogP contribution in [-0.2, 0) is 14.4 Å². The molecule has 3 rings (SSSR count). The number of carbonyl (C=O) groups is 3. The van der Waals surface area contributed by atoms with E-state index in [1.54, 1.807) is 13.3 Å². The van der Waals surface area contributed by atoms with E-state index in [-0.39, 0.29) is 17.2 Å². The summed E-state index contributed by atoms with van der Waals surface area (Å²) in [5.41, 5.74) is 0.741. The van der Waals surface area contributed by atoms with Gasteiger partial charge >= 0.3 is 5.97 Å². The second-order valence-electron chi connectivity index (χ2n) is 9.92. The average Bonchev–Trinajstić information content (AvgIpc) is 3.10. The SMILES string of the molecule is CCCCCCCC/C=C/Oc1ccc(C(NC)C(=O)NC2C(=O)N3C2SC(C)(C)C3C(=O)O)cc1. The molecule has 0 aliphatic carbocycles. The number of hydrogen-bond donors (Lipinski definition) is 3. The lowest BCUT2D eigenvalue weighted by molar-refractivity contribution is -0.161. The highest BCUT2D eigenvalue weighted by Gasteiger charge is 2.64. The number of thioether (sulfide) groups is 1. The van der Waals surface area contributed by atoms with Crippen LogP contribution in [0.5, 0.6) is 5.75 Å². The van der Waals surface area contributed by atoms with Gasteiger partial charge in [-0.3, -0.25) is 9.59 Å². The van der Waals surface area contributed by atoms with Gasteiger partial charge in [-0.2, -0.15) is 0 Å². The molecule has 8 nitrogen and oxygen atoms in total. The summed E-state index contributed by atoms with van der Waals surface area (Å²) >= 11 is 1.41. The summed E-state index contributed by atoms with van der Waals surface area (Å²) in [6.45, 7) is 5.84. The Morgan fingerprint density at radius 2 is 1.83 bits per heavy atom. The van der Waals surface area contributed by atoms with E-state index in [9.17, 15) is 19.5 Å². The second-order valence-corrected chi connectivity index (χ2v) is 11.7. The number of nitrogens with zero attached hydrogens (tertiary/aromatic N) is 1. The van der Waals surface area contributed by atoms with E-state index in [1.165, 1.54) is 48.8 Å². The van der Waals surface area contributed by atoms with Crippen LogP contribution in [0.15, 0.2) is 36.6 Å². The van der Waals surface area contributed by atoms with Gasteiger partial charge in [-0.1, -0.05) is 51.2 Å². The van der Waals surface area contributed by atoms with Crippen molar-refractivity contribution in [1.82, 2.24) is 15.5 Å². The summed E-state index contributed by atoms with van der Waals surface area (Å²) in [6, 6.07) is 4.97. The van der Waals surface area contributed by atoms with Crippen molar-refractivity contribution in [1.29, 1.82) is 0 Å². The van der Waals surface area contributed by atoms with Gasteiger partial charge in [0.05, 0.1) is 6.26 Å². The maximum absolute atomic E-state index is 13.0. The Labute approximate surface area is 218 Å². The van der Waals surface area contributed by atoms with Gasteiger partial charge in [0.25, 0.3) is 0 Å². The van der Waals surface area contributed by atoms with E-state index in [0.717, 1.165) is 18.4 Å². The number of carboxylic acids is 1. The van der Waals surface area contributed by atoms with Crippen LogP contribution in [0.4, 0.5) is 0 Å². The first-order valence-electron chi connectivity index (χ1n) is 12.8. The first kappa shape index (κ1) is 28.1. The van der Waals surface area contributed by atoms with Gasteiger partial charge < -0.3 is 25.4 Å². The van der Waals surface area contributed by atoms with Gasteiger partial charge in [0.2, 0.25) is 11.8 Å². The van der Waals surface area contributed by atoms with Crippen LogP contribution in [0, 0.1) is 0 Å². The summed E-state index contributed by atoms with van der Waals surface area (Å²) in [6.07, 6.45) is 12.3. The van der Waals surface area contributed by atoms with Crippen molar-refractivity contribution in [2.24, 2.45) is 0 Å². The molecule has 4 unspecified atom stereocenters. The number of ether oxygens (including phenoxy) is 1. The number of allylic oxidation sites excluding steroid dienone is 1. The van der Waals surface area contributed by atoms with E-state index < -0.39 is 28.8 Å². The van der Waals surface area contributed by atoms with Crippen molar-refractivity contribution >= 4 is 29.5 Å². The maximum atomic E-state index is 13.0. The highest BCUT2D eigenvalue weighted by atomic mass is 32.2. The molecule has 2 aliphatic rings. The molecule has 0 bridgehead atoms. The standard InChI is InChI=1S/C27H39N3O5S/c1-5-6-7-8-9-10-11-12-17-35-19-15-13-18(14-16-19)20(28-4)23(31)29-21-24(32)30-22(26(33)34)27(2,3)36-25(21)30/h12-17,20-22,25,28H,5-11H2,1-4H3,(H,29,31)(H,33,34)/b17-12+. The molecule has 2 fully saturated rings. The second kappa shape index (κ2) is 12.6. The molecule has 0 spiro atoms. The summed E-state index contributed by atoms with van der Waals surface area (Å²) < 4.78 is 5.05. The van der Waals surface area contributed by atoms with Crippen molar-refractivity contribution < 1.29 is 24.2 Å². The molecule has 0 radical (unpaired) electrons. The number of nitrogens with one attached hydrogen (secondary N) is 2. The lowest BCUT2D eigenvalue weighted by atomic mass is 9.95. The summed E-state index contributed by atoms with van der Waals surface area (Å²) in [5.74, 6) is -1.03. The number of benzene rings is 1. The minimum atomic E-state index is -1.03. The number of rotatable bonds is 14. The number of unbranched alkanes of at least 4 members (excludes halogenated alkanes) is 6. The molecule has 1 aromatic carbocycles. The highest BCUT2D eigenvalue weighted by Crippen LogP contribution is 2.50. The number of hydrogen-bond acceptors (Lipinski definition) is 6. The van der Waals surface area contributed by atoms with Gasteiger partial charge in [0.15, 0.2) is 0 Å². The van der Waals surface area contributed by atoms with Crippen LogP contribution in [0.25, 0.3) is 0 Å². The van der Waals surface area contributed by atoms with Gasteiger partial charge in [-0.15, -0.1) is 11.8 Å². The van der Waals surface area contributed by atoms with Crippen molar-refractivity contribution in [3.05, 3.63) is 42.2 Å². The molecule has 2 saturated heterocycles. The fourth-order valence-corrected chi connectivity index (χ4v) is 6.43. The molecule has 4 atom stereocenters. The Balaban J connectivity index is 1.49. The Kier molecular flexibility index (Phi) is 9.84. The minimum Gasteiger partial charge on any atom is -0.480 e. The van der Waals surface area contributed by atoms with E-state index in [0.29, 0.717) is 5.75 Å². The normalized spacial score (nSPS) is 23.3. The summed E-state index contributed by atoms with van der Waals surface area (Å²) in [5, 5.41) is 15.0. The monoisotopic (exact) mass is 517 g/mol. The molecule has 2 amide bonds. The fraction of sp³-hybridized carbons (Fsp3) is 0.593. The van der Waals surface area contributed by atoms with E-state index >= 15 is 0 Å². The lowest BCUT2D eigenvalue weighted by Gasteiger charge is -2.44. The Morgan fingerprint density at radius 1 is 1.17 bits per heavy atom. The third kappa shape index (κ3) is 6.42.